The standard InChI is InChI=1S/C21H24F3N3O2/c1-4-27(5-2)21(29)20(14-9-7-6-8-10-14)26(3)13-17(28)25-16-12-11-15(22)18(23)19(16)24/h6-12,20H,4-5,13H2,1-3H3,(H,25,28)/p+1/t20-/m0/s1. The number of amides is 2. The van der Waals surface area contributed by atoms with Gasteiger partial charge in [-0.15, -0.1) is 0 Å². The van der Waals surface area contributed by atoms with E-state index in [0.717, 1.165) is 17.7 Å². The van der Waals surface area contributed by atoms with Crippen LogP contribution < -0.4 is 10.2 Å². The number of anilines is 1. The second kappa shape index (κ2) is 10.1. The summed E-state index contributed by atoms with van der Waals surface area (Å²) in [7, 11) is 1.68. The minimum absolute atomic E-state index is 0.134. The molecule has 0 aliphatic rings. The highest BCUT2D eigenvalue weighted by Crippen LogP contribution is 2.19. The summed E-state index contributed by atoms with van der Waals surface area (Å²) in [5, 5.41) is 2.25. The number of hydrogen-bond donors (Lipinski definition) is 2. The third-order valence-corrected chi connectivity index (χ3v) is 4.70. The molecule has 0 radical (unpaired) electrons. The molecule has 0 aromatic heterocycles. The maximum atomic E-state index is 13.8. The van der Waals surface area contributed by atoms with E-state index >= 15 is 0 Å². The van der Waals surface area contributed by atoms with Crippen molar-refractivity contribution in [3.63, 3.8) is 0 Å². The van der Waals surface area contributed by atoms with E-state index in [0.29, 0.717) is 18.0 Å². The van der Waals surface area contributed by atoms with Gasteiger partial charge in [0, 0.05) is 18.7 Å². The highest BCUT2D eigenvalue weighted by atomic mass is 19.2. The van der Waals surface area contributed by atoms with Crippen molar-refractivity contribution in [1.29, 1.82) is 0 Å². The van der Waals surface area contributed by atoms with Crippen molar-refractivity contribution < 1.29 is 27.7 Å². The van der Waals surface area contributed by atoms with Crippen LogP contribution in [0.4, 0.5) is 18.9 Å². The van der Waals surface area contributed by atoms with Crippen molar-refractivity contribution in [2.24, 2.45) is 0 Å². The minimum atomic E-state index is -1.65. The topological polar surface area (TPSA) is 53.9 Å². The number of carbonyl (C=O) groups excluding carboxylic acids is 2. The Morgan fingerprint density at radius 1 is 1.00 bits per heavy atom. The van der Waals surface area contributed by atoms with Gasteiger partial charge in [0.15, 0.2) is 30.0 Å². The Hall–Kier alpha value is -2.87. The van der Waals surface area contributed by atoms with E-state index in [1.165, 1.54) is 0 Å². The Morgan fingerprint density at radius 3 is 2.21 bits per heavy atom. The van der Waals surface area contributed by atoms with Gasteiger partial charge in [-0.2, -0.15) is 0 Å². The average molecular weight is 408 g/mol. The van der Waals surface area contributed by atoms with Crippen molar-refractivity contribution >= 4 is 17.5 Å². The van der Waals surface area contributed by atoms with Crippen LogP contribution in [-0.2, 0) is 9.59 Å². The van der Waals surface area contributed by atoms with Crippen LogP contribution in [0.3, 0.4) is 0 Å². The predicted octanol–water partition coefficient (Wildman–Crippen LogP) is 2.17. The number of halogens is 3. The zero-order valence-corrected chi connectivity index (χ0v) is 16.6. The number of benzene rings is 2. The quantitative estimate of drug-likeness (QED) is 0.658. The van der Waals surface area contributed by atoms with Crippen molar-refractivity contribution in [2.75, 3.05) is 32.0 Å². The molecule has 2 aromatic rings. The molecule has 2 N–H and O–H groups in total. The third kappa shape index (κ3) is 5.35. The van der Waals surface area contributed by atoms with Crippen molar-refractivity contribution in [1.82, 2.24) is 4.90 Å². The number of hydrogen-bond acceptors (Lipinski definition) is 2. The van der Waals surface area contributed by atoms with Crippen molar-refractivity contribution in [3.05, 3.63) is 65.5 Å². The number of nitrogens with zero attached hydrogens (tertiary/aromatic N) is 1. The summed E-state index contributed by atoms with van der Waals surface area (Å²) >= 11 is 0. The van der Waals surface area contributed by atoms with Crippen LogP contribution in [0.2, 0.25) is 0 Å². The molecule has 8 heteroatoms. The Morgan fingerprint density at radius 2 is 1.62 bits per heavy atom. The van der Waals surface area contributed by atoms with Crippen LogP contribution in [0.15, 0.2) is 42.5 Å². The summed E-state index contributed by atoms with van der Waals surface area (Å²) in [4.78, 5) is 27.7. The number of likely N-dealkylation sites (N-methyl/N-ethyl adjacent to an activating group) is 2. The van der Waals surface area contributed by atoms with Gasteiger partial charge < -0.3 is 15.1 Å². The first kappa shape index (κ1) is 22.4. The van der Waals surface area contributed by atoms with E-state index in [1.807, 2.05) is 44.2 Å². The number of rotatable bonds is 8. The second-order valence-corrected chi connectivity index (χ2v) is 6.65. The molecule has 2 rings (SSSR count). The maximum Gasteiger partial charge on any atom is 0.285 e. The van der Waals surface area contributed by atoms with Crippen LogP contribution in [0.5, 0.6) is 0 Å². The molecule has 0 saturated carbocycles. The molecule has 1 unspecified atom stereocenters. The first-order valence-electron chi connectivity index (χ1n) is 9.39. The van der Waals surface area contributed by atoms with E-state index in [9.17, 15) is 22.8 Å². The fourth-order valence-corrected chi connectivity index (χ4v) is 3.17. The second-order valence-electron chi connectivity index (χ2n) is 6.65. The van der Waals surface area contributed by atoms with E-state index in [4.69, 9.17) is 0 Å². The van der Waals surface area contributed by atoms with Crippen LogP contribution >= 0.6 is 0 Å². The van der Waals surface area contributed by atoms with Gasteiger partial charge in [0.1, 0.15) is 0 Å². The lowest BCUT2D eigenvalue weighted by atomic mass is 10.0. The lowest BCUT2D eigenvalue weighted by Crippen LogP contribution is -3.11. The first-order valence-corrected chi connectivity index (χ1v) is 9.39. The highest BCUT2D eigenvalue weighted by molar-refractivity contribution is 5.92. The van der Waals surface area contributed by atoms with Gasteiger partial charge in [0.05, 0.1) is 12.7 Å². The highest BCUT2D eigenvalue weighted by Gasteiger charge is 2.33. The Labute approximate surface area is 168 Å². The smallest absolute Gasteiger partial charge is 0.285 e. The van der Waals surface area contributed by atoms with Crippen LogP contribution in [0.25, 0.3) is 0 Å². The van der Waals surface area contributed by atoms with Gasteiger partial charge in [-0.05, 0) is 26.0 Å². The minimum Gasteiger partial charge on any atom is -0.338 e. The number of quaternary nitrogens is 1. The van der Waals surface area contributed by atoms with Crippen LogP contribution in [-0.4, -0.2) is 43.4 Å². The zero-order valence-electron chi connectivity index (χ0n) is 16.6. The molecule has 2 amide bonds. The molecule has 0 bridgehead atoms. The molecule has 0 saturated heterocycles. The van der Waals surface area contributed by atoms with Gasteiger partial charge >= 0.3 is 0 Å². The summed E-state index contributed by atoms with van der Waals surface area (Å²) in [5.41, 5.74) is 0.293. The zero-order chi connectivity index (χ0) is 21.6. The molecule has 0 aliphatic heterocycles. The first-order chi connectivity index (χ1) is 13.8. The van der Waals surface area contributed by atoms with E-state index in [2.05, 4.69) is 5.32 Å². The number of carbonyl (C=O) groups is 2. The molecule has 0 spiro atoms. The Bertz CT molecular complexity index is 858. The average Bonchev–Trinajstić information content (AvgIpc) is 2.70. The summed E-state index contributed by atoms with van der Waals surface area (Å²) < 4.78 is 40.2. The van der Waals surface area contributed by atoms with Gasteiger partial charge in [0.25, 0.3) is 11.8 Å². The normalized spacial score (nSPS) is 12.9. The molecular formula is C21H25F3N3O2+. The van der Waals surface area contributed by atoms with Crippen molar-refractivity contribution in [3.8, 4) is 0 Å². The van der Waals surface area contributed by atoms with Gasteiger partial charge in [-0.25, -0.2) is 13.2 Å². The van der Waals surface area contributed by atoms with Gasteiger partial charge in [0.2, 0.25) is 0 Å². The SMILES string of the molecule is CCN(CC)C(=O)[C@H](c1ccccc1)[NH+](C)CC(=O)Nc1ccc(F)c(F)c1F. The molecular weight excluding hydrogens is 383 g/mol. The lowest BCUT2D eigenvalue weighted by molar-refractivity contribution is -0.894. The van der Waals surface area contributed by atoms with E-state index in [-0.39, 0.29) is 12.5 Å². The summed E-state index contributed by atoms with van der Waals surface area (Å²) in [6.07, 6.45) is 0. The summed E-state index contributed by atoms with van der Waals surface area (Å²) in [6.45, 7) is 4.62. The molecule has 2 aromatic carbocycles. The molecule has 5 nitrogen and oxygen atoms in total. The largest absolute Gasteiger partial charge is 0.338 e. The molecule has 0 heterocycles. The Balaban J connectivity index is 2.21. The van der Waals surface area contributed by atoms with Gasteiger partial charge in [-0.1, -0.05) is 30.3 Å². The molecule has 156 valence electrons. The fraction of sp³-hybridized carbons (Fsp3) is 0.333. The number of nitrogens with one attached hydrogen (secondary N) is 2. The molecule has 0 aliphatic carbocycles. The van der Waals surface area contributed by atoms with Crippen LogP contribution in [0.1, 0.15) is 25.5 Å². The third-order valence-electron chi connectivity index (χ3n) is 4.70. The van der Waals surface area contributed by atoms with Crippen LogP contribution in [0, 0.1) is 17.5 Å². The molecule has 29 heavy (non-hydrogen) atoms. The Kier molecular flexibility index (Phi) is 7.78. The summed E-state index contributed by atoms with van der Waals surface area (Å²) in [6, 6.07) is 10.1. The van der Waals surface area contributed by atoms with Crippen molar-refractivity contribution in [2.45, 2.75) is 19.9 Å². The summed E-state index contributed by atoms with van der Waals surface area (Å²) in [5.74, 6) is -5.21. The van der Waals surface area contributed by atoms with E-state index in [1.54, 1.807) is 11.9 Å². The van der Waals surface area contributed by atoms with Gasteiger partial charge in [-0.3, -0.25) is 9.59 Å². The fourth-order valence-electron chi connectivity index (χ4n) is 3.17. The molecule has 0 fully saturated rings. The lowest BCUT2D eigenvalue weighted by Gasteiger charge is -2.29. The molecule has 2 atom stereocenters. The monoisotopic (exact) mass is 408 g/mol. The maximum absolute atomic E-state index is 13.8. The van der Waals surface area contributed by atoms with E-state index < -0.39 is 35.1 Å². The predicted molar refractivity (Wildman–Crippen MR) is 104 cm³/mol.